The van der Waals surface area contributed by atoms with Crippen LogP contribution in [0.3, 0.4) is 0 Å². The summed E-state index contributed by atoms with van der Waals surface area (Å²) in [6.07, 6.45) is 4.85. The number of esters is 1. The van der Waals surface area contributed by atoms with Crippen LogP contribution in [0.4, 0.5) is 0 Å². The molecule has 1 saturated carbocycles. The number of carbonyl (C=O) groups excluding carboxylic acids is 1. The maximum absolute atomic E-state index is 12.0. The van der Waals surface area contributed by atoms with Gasteiger partial charge in [-0.2, -0.15) is 0 Å². The zero-order valence-electron chi connectivity index (χ0n) is 13.1. The summed E-state index contributed by atoms with van der Waals surface area (Å²) >= 11 is 0. The van der Waals surface area contributed by atoms with Crippen LogP contribution >= 0.6 is 0 Å². The van der Waals surface area contributed by atoms with E-state index < -0.39 is 6.04 Å². The third-order valence-corrected chi connectivity index (χ3v) is 3.78. The molecule has 0 spiro atoms. The third-order valence-electron chi connectivity index (χ3n) is 3.78. The average molecular weight is 291 g/mol. The Morgan fingerprint density at radius 1 is 1.19 bits per heavy atom. The number of ether oxygens (including phenoxy) is 2. The van der Waals surface area contributed by atoms with Gasteiger partial charge in [-0.05, 0) is 44.4 Å². The molecule has 116 valence electrons. The van der Waals surface area contributed by atoms with E-state index in [2.05, 4.69) is 5.32 Å². The highest BCUT2D eigenvalue weighted by molar-refractivity contribution is 5.77. The lowest BCUT2D eigenvalue weighted by Crippen LogP contribution is -2.36. The molecule has 1 atom stereocenters. The van der Waals surface area contributed by atoms with Crippen LogP contribution in [-0.2, 0) is 9.53 Å². The van der Waals surface area contributed by atoms with Gasteiger partial charge in [0.1, 0.15) is 11.8 Å². The Morgan fingerprint density at radius 2 is 1.81 bits per heavy atom. The summed E-state index contributed by atoms with van der Waals surface area (Å²) in [6.45, 7) is 3.99. The molecular weight excluding hydrogens is 266 g/mol. The predicted molar refractivity (Wildman–Crippen MR) is 82.4 cm³/mol. The lowest BCUT2D eigenvalue weighted by atomic mass is 10.1. The fourth-order valence-corrected chi connectivity index (χ4v) is 2.76. The third kappa shape index (κ3) is 4.46. The van der Waals surface area contributed by atoms with E-state index in [4.69, 9.17) is 9.47 Å². The van der Waals surface area contributed by atoms with E-state index in [9.17, 15) is 4.79 Å². The Hall–Kier alpha value is -1.55. The first-order valence-corrected chi connectivity index (χ1v) is 7.70. The zero-order chi connectivity index (χ0) is 15.2. The van der Waals surface area contributed by atoms with Gasteiger partial charge in [0.05, 0.1) is 13.2 Å². The normalized spacial score (nSPS) is 17.0. The molecule has 1 aliphatic rings. The molecule has 4 nitrogen and oxygen atoms in total. The number of benzene rings is 1. The molecule has 1 aromatic rings. The van der Waals surface area contributed by atoms with Crippen LogP contribution in [0.1, 0.15) is 51.1 Å². The molecule has 0 radical (unpaired) electrons. The molecule has 1 N–H and O–H groups in total. The highest BCUT2D eigenvalue weighted by Crippen LogP contribution is 2.24. The molecule has 2 rings (SSSR count). The van der Waals surface area contributed by atoms with Crippen LogP contribution in [-0.4, -0.2) is 25.2 Å². The van der Waals surface area contributed by atoms with Gasteiger partial charge >= 0.3 is 5.97 Å². The van der Waals surface area contributed by atoms with Gasteiger partial charge in [-0.1, -0.05) is 25.0 Å². The first-order valence-electron chi connectivity index (χ1n) is 7.70. The van der Waals surface area contributed by atoms with Crippen LogP contribution < -0.4 is 10.1 Å². The Kier molecular flexibility index (Phi) is 5.62. The maximum Gasteiger partial charge on any atom is 0.327 e. The first kappa shape index (κ1) is 15.8. The van der Waals surface area contributed by atoms with E-state index in [0.717, 1.165) is 24.2 Å². The smallest absolute Gasteiger partial charge is 0.327 e. The zero-order valence-corrected chi connectivity index (χ0v) is 13.1. The largest absolute Gasteiger partial charge is 0.491 e. The van der Waals surface area contributed by atoms with E-state index in [-0.39, 0.29) is 12.1 Å². The van der Waals surface area contributed by atoms with Gasteiger partial charge in [-0.25, -0.2) is 4.79 Å². The van der Waals surface area contributed by atoms with Crippen molar-refractivity contribution in [3.63, 3.8) is 0 Å². The Balaban J connectivity index is 2.09. The van der Waals surface area contributed by atoms with Gasteiger partial charge in [-0.15, -0.1) is 0 Å². The minimum atomic E-state index is -0.397. The van der Waals surface area contributed by atoms with Crippen molar-refractivity contribution in [1.82, 2.24) is 5.32 Å². The number of hydrogen-bond acceptors (Lipinski definition) is 4. The van der Waals surface area contributed by atoms with Gasteiger partial charge in [0.15, 0.2) is 0 Å². The highest BCUT2D eigenvalue weighted by Gasteiger charge is 2.26. The monoisotopic (exact) mass is 291 g/mol. The SMILES string of the molecule is COC(=O)C(NC1CCCC1)c1ccc(OC(C)C)cc1. The second kappa shape index (κ2) is 7.46. The summed E-state index contributed by atoms with van der Waals surface area (Å²) in [5, 5.41) is 3.43. The van der Waals surface area contributed by atoms with Crippen LogP contribution in [0.5, 0.6) is 5.75 Å². The molecule has 0 saturated heterocycles. The van der Waals surface area contributed by atoms with Crippen molar-refractivity contribution in [1.29, 1.82) is 0 Å². The van der Waals surface area contributed by atoms with Crippen LogP contribution in [0.15, 0.2) is 24.3 Å². The summed E-state index contributed by atoms with van der Waals surface area (Å²) < 4.78 is 10.6. The van der Waals surface area contributed by atoms with Crippen molar-refractivity contribution in [3.8, 4) is 5.75 Å². The number of nitrogens with one attached hydrogen (secondary N) is 1. The molecule has 21 heavy (non-hydrogen) atoms. The van der Waals surface area contributed by atoms with E-state index in [1.54, 1.807) is 0 Å². The summed E-state index contributed by atoms with van der Waals surface area (Å²) in [5.74, 6) is 0.581. The van der Waals surface area contributed by atoms with E-state index in [1.165, 1.54) is 20.0 Å². The van der Waals surface area contributed by atoms with Gasteiger partial charge < -0.3 is 9.47 Å². The van der Waals surface area contributed by atoms with Crippen molar-refractivity contribution in [2.24, 2.45) is 0 Å². The van der Waals surface area contributed by atoms with Gasteiger partial charge in [0.2, 0.25) is 0 Å². The first-order chi connectivity index (χ1) is 10.1. The fourth-order valence-electron chi connectivity index (χ4n) is 2.76. The summed E-state index contributed by atoms with van der Waals surface area (Å²) in [5.41, 5.74) is 0.921. The fraction of sp³-hybridized carbons (Fsp3) is 0.588. The minimum Gasteiger partial charge on any atom is -0.491 e. The molecule has 1 aromatic carbocycles. The Labute approximate surface area is 126 Å². The summed E-state index contributed by atoms with van der Waals surface area (Å²) in [6, 6.07) is 7.68. The van der Waals surface area contributed by atoms with Gasteiger partial charge in [0.25, 0.3) is 0 Å². The second-order valence-corrected chi connectivity index (χ2v) is 5.84. The predicted octanol–water partition coefficient (Wildman–Crippen LogP) is 3.22. The molecule has 0 heterocycles. The van der Waals surface area contributed by atoms with E-state index in [0.29, 0.717) is 6.04 Å². The molecule has 0 amide bonds. The van der Waals surface area contributed by atoms with E-state index >= 15 is 0 Å². The summed E-state index contributed by atoms with van der Waals surface area (Å²) in [4.78, 5) is 12.0. The lowest BCUT2D eigenvalue weighted by Gasteiger charge is -2.21. The van der Waals surface area contributed by atoms with Crippen LogP contribution in [0.25, 0.3) is 0 Å². The highest BCUT2D eigenvalue weighted by atomic mass is 16.5. The average Bonchev–Trinajstić information content (AvgIpc) is 2.97. The van der Waals surface area contributed by atoms with Crippen LogP contribution in [0.2, 0.25) is 0 Å². The molecule has 4 heteroatoms. The maximum atomic E-state index is 12.0. The van der Waals surface area contributed by atoms with Crippen molar-refractivity contribution in [2.45, 2.75) is 57.7 Å². The van der Waals surface area contributed by atoms with Gasteiger partial charge in [0, 0.05) is 6.04 Å². The van der Waals surface area contributed by atoms with Crippen LogP contribution in [0, 0.1) is 0 Å². The minimum absolute atomic E-state index is 0.142. The Morgan fingerprint density at radius 3 is 2.33 bits per heavy atom. The van der Waals surface area contributed by atoms with Crippen molar-refractivity contribution in [2.75, 3.05) is 7.11 Å². The molecular formula is C17H25NO3. The summed E-state index contributed by atoms with van der Waals surface area (Å²) in [7, 11) is 1.43. The topological polar surface area (TPSA) is 47.6 Å². The number of carbonyl (C=O) groups is 1. The number of hydrogen-bond donors (Lipinski definition) is 1. The second-order valence-electron chi connectivity index (χ2n) is 5.84. The van der Waals surface area contributed by atoms with Gasteiger partial charge in [-0.3, -0.25) is 5.32 Å². The quantitative estimate of drug-likeness (QED) is 0.818. The molecule has 1 fully saturated rings. The standard InChI is InChI=1S/C17H25NO3/c1-12(2)21-15-10-8-13(9-11-15)16(17(19)20-3)18-14-6-4-5-7-14/h8-12,14,16,18H,4-7H2,1-3H3. The Bertz CT molecular complexity index is 450. The van der Waals surface area contributed by atoms with Crippen molar-refractivity contribution < 1.29 is 14.3 Å². The molecule has 0 aromatic heterocycles. The number of methoxy groups -OCH3 is 1. The molecule has 0 aliphatic heterocycles. The molecule has 1 unspecified atom stereocenters. The lowest BCUT2D eigenvalue weighted by molar-refractivity contribution is -0.143. The van der Waals surface area contributed by atoms with Crippen molar-refractivity contribution in [3.05, 3.63) is 29.8 Å². The van der Waals surface area contributed by atoms with Crippen molar-refractivity contribution >= 4 is 5.97 Å². The molecule has 0 bridgehead atoms. The van der Waals surface area contributed by atoms with E-state index in [1.807, 2.05) is 38.1 Å². The number of rotatable bonds is 6. The molecule has 1 aliphatic carbocycles.